The maximum atomic E-state index is 13.0. The van der Waals surface area contributed by atoms with Crippen LogP contribution in [-0.4, -0.2) is 15.0 Å². The van der Waals surface area contributed by atoms with Gasteiger partial charge in [0.15, 0.2) is 0 Å². The maximum Gasteiger partial charge on any atom is 0.317 e. The second-order valence-corrected chi connectivity index (χ2v) is 8.33. The Labute approximate surface area is 192 Å². The molecule has 168 valence electrons. The van der Waals surface area contributed by atoms with Gasteiger partial charge in [-0.05, 0) is 37.1 Å². The Morgan fingerprint density at radius 3 is 1.85 bits per heavy atom. The number of fused-ring (bicyclic) bond motifs is 1. The molecule has 0 atom stereocenters. The molecule has 1 amide bonds. The van der Waals surface area contributed by atoms with Gasteiger partial charge in [0.25, 0.3) is 0 Å². The number of amides is 1. The molecule has 3 aromatic carbocycles. The standard InChI is InChI=1S/C27H27N3O3/c1-19-7-11-21(12-8-19)17-28-25(31)15-16-29-23-5-3-4-6-24(23)30(27(33)26(29)32)18-22-13-9-20(2)10-14-22/h3-14H,15-18H2,1-2H3,(H,28,31). The average molecular weight is 442 g/mol. The lowest BCUT2D eigenvalue weighted by molar-refractivity contribution is -0.121. The third-order valence-corrected chi connectivity index (χ3v) is 5.77. The molecule has 0 saturated heterocycles. The molecule has 6 heteroatoms. The lowest BCUT2D eigenvalue weighted by Gasteiger charge is -2.15. The summed E-state index contributed by atoms with van der Waals surface area (Å²) in [7, 11) is 0. The molecule has 1 aromatic heterocycles. The molecular weight excluding hydrogens is 414 g/mol. The van der Waals surface area contributed by atoms with Crippen LogP contribution in [0.25, 0.3) is 11.0 Å². The van der Waals surface area contributed by atoms with Crippen LogP contribution >= 0.6 is 0 Å². The van der Waals surface area contributed by atoms with E-state index < -0.39 is 11.1 Å². The van der Waals surface area contributed by atoms with Gasteiger partial charge in [-0.1, -0.05) is 71.8 Å². The quantitative estimate of drug-likeness (QED) is 0.446. The van der Waals surface area contributed by atoms with Crippen molar-refractivity contribution >= 4 is 16.9 Å². The van der Waals surface area contributed by atoms with Crippen LogP contribution in [0.2, 0.25) is 0 Å². The summed E-state index contributed by atoms with van der Waals surface area (Å²) in [6, 6.07) is 23.1. The topological polar surface area (TPSA) is 73.1 Å². The zero-order valence-electron chi connectivity index (χ0n) is 18.9. The molecule has 1 heterocycles. The smallest absolute Gasteiger partial charge is 0.317 e. The third kappa shape index (κ3) is 5.12. The molecule has 0 fully saturated rings. The third-order valence-electron chi connectivity index (χ3n) is 5.77. The number of hydrogen-bond donors (Lipinski definition) is 1. The summed E-state index contributed by atoms with van der Waals surface area (Å²) in [6.07, 6.45) is 0.108. The second-order valence-electron chi connectivity index (χ2n) is 8.33. The van der Waals surface area contributed by atoms with Crippen molar-refractivity contribution in [2.45, 2.75) is 39.9 Å². The number of aryl methyl sites for hydroxylation is 3. The number of carbonyl (C=O) groups is 1. The summed E-state index contributed by atoms with van der Waals surface area (Å²) >= 11 is 0. The maximum absolute atomic E-state index is 13.0. The molecule has 0 bridgehead atoms. The largest absolute Gasteiger partial charge is 0.352 e. The van der Waals surface area contributed by atoms with Crippen LogP contribution in [0, 0.1) is 13.8 Å². The number of carbonyl (C=O) groups excluding carboxylic acids is 1. The molecule has 0 aliphatic rings. The lowest BCUT2D eigenvalue weighted by atomic mass is 10.1. The molecule has 0 aliphatic carbocycles. The van der Waals surface area contributed by atoms with Gasteiger partial charge in [-0.25, -0.2) is 0 Å². The summed E-state index contributed by atoms with van der Waals surface area (Å²) in [4.78, 5) is 38.4. The molecule has 1 N–H and O–H groups in total. The highest BCUT2D eigenvalue weighted by atomic mass is 16.2. The number of nitrogens with one attached hydrogen (secondary N) is 1. The Hall–Kier alpha value is -3.93. The summed E-state index contributed by atoms with van der Waals surface area (Å²) in [6.45, 7) is 4.89. The van der Waals surface area contributed by atoms with Gasteiger partial charge in [0.1, 0.15) is 0 Å². The molecular formula is C27H27N3O3. The van der Waals surface area contributed by atoms with E-state index in [9.17, 15) is 14.4 Å². The summed E-state index contributed by atoms with van der Waals surface area (Å²) < 4.78 is 2.92. The first-order valence-electron chi connectivity index (χ1n) is 11.0. The minimum absolute atomic E-state index is 0.108. The van der Waals surface area contributed by atoms with Gasteiger partial charge in [-0.2, -0.15) is 0 Å². The number of aromatic nitrogens is 2. The van der Waals surface area contributed by atoms with Crippen molar-refractivity contribution < 1.29 is 4.79 Å². The zero-order chi connectivity index (χ0) is 23.4. The van der Waals surface area contributed by atoms with Gasteiger partial charge in [0, 0.05) is 19.5 Å². The number of hydrogen-bond acceptors (Lipinski definition) is 3. The highest BCUT2D eigenvalue weighted by Crippen LogP contribution is 2.13. The fraction of sp³-hybridized carbons (Fsp3) is 0.222. The average Bonchev–Trinajstić information content (AvgIpc) is 2.82. The van der Waals surface area contributed by atoms with Gasteiger partial charge in [0.2, 0.25) is 5.91 Å². The lowest BCUT2D eigenvalue weighted by Crippen LogP contribution is -2.42. The number of para-hydroxylation sites is 2. The van der Waals surface area contributed by atoms with Gasteiger partial charge in [0.05, 0.1) is 17.6 Å². The van der Waals surface area contributed by atoms with Crippen LogP contribution in [0.1, 0.15) is 28.7 Å². The zero-order valence-corrected chi connectivity index (χ0v) is 18.9. The van der Waals surface area contributed by atoms with Crippen molar-refractivity contribution in [1.29, 1.82) is 0 Å². The number of benzene rings is 3. The molecule has 4 aromatic rings. The molecule has 33 heavy (non-hydrogen) atoms. The van der Waals surface area contributed by atoms with E-state index >= 15 is 0 Å². The van der Waals surface area contributed by atoms with Crippen molar-refractivity contribution in [2.24, 2.45) is 0 Å². The van der Waals surface area contributed by atoms with Gasteiger partial charge < -0.3 is 9.88 Å². The van der Waals surface area contributed by atoms with Gasteiger partial charge in [-0.3, -0.25) is 19.0 Å². The number of rotatable bonds is 7. The molecule has 0 saturated carbocycles. The summed E-state index contributed by atoms with van der Waals surface area (Å²) in [5.74, 6) is -0.171. The Kier molecular flexibility index (Phi) is 6.54. The predicted molar refractivity (Wildman–Crippen MR) is 130 cm³/mol. The van der Waals surface area contributed by atoms with Crippen LogP contribution in [-0.2, 0) is 24.4 Å². The Morgan fingerprint density at radius 2 is 1.24 bits per heavy atom. The molecule has 0 radical (unpaired) electrons. The van der Waals surface area contributed by atoms with E-state index in [0.29, 0.717) is 24.1 Å². The number of nitrogens with zero attached hydrogens (tertiary/aromatic N) is 2. The molecule has 6 nitrogen and oxygen atoms in total. The summed E-state index contributed by atoms with van der Waals surface area (Å²) in [5, 5.41) is 2.88. The van der Waals surface area contributed by atoms with E-state index in [1.807, 2.05) is 86.6 Å². The molecule has 0 spiro atoms. The molecule has 4 rings (SSSR count). The van der Waals surface area contributed by atoms with Crippen molar-refractivity contribution in [1.82, 2.24) is 14.5 Å². The van der Waals surface area contributed by atoms with Gasteiger partial charge >= 0.3 is 11.1 Å². The minimum Gasteiger partial charge on any atom is -0.352 e. The van der Waals surface area contributed by atoms with Crippen LogP contribution in [0.4, 0.5) is 0 Å². The van der Waals surface area contributed by atoms with Crippen LogP contribution in [0.3, 0.4) is 0 Å². The Balaban J connectivity index is 1.55. The molecule has 0 unspecified atom stereocenters. The molecule has 0 aliphatic heterocycles. The van der Waals surface area contributed by atoms with Crippen LogP contribution in [0.15, 0.2) is 82.4 Å². The fourth-order valence-corrected chi connectivity index (χ4v) is 3.83. The van der Waals surface area contributed by atoms with Crippen LogP contribution < -0.4 is 16.4 Å². The van der Waals surface area contributed by atoms with Crippen molar-refractivity contribution in [2.75, 3.05) is 0 Å². The van der Waals surface area contributed by atoms with Crippen molar-refractivity contribution in [3.8, 4) is 0 Å². The SMILES string of the molecule is Cc1ccc(CNC(=O)CCn2c(=O)c(=O)n(Cc3ccc(C)cc3)c3ccccc32)cc1. The van der Waals surface area contributed by atoms with Crippen LogP contribution in [0.5, 0.6) is 0 Å². The normalized spacial score (nSPS) is 11.0. The minimum atomic E-state index is -0.618. The first kappa shape index (κ1) is 22.3. The van der Waals surface area contributed by atoms with Crippen molar-refractivity contribution in [3.63, 3.8) is 0 Å². The van der Waals surface area contributed by atoms with Crippen molar-refractivity contribution in [3.05, 3.63) is 116 Å². The summed E-state index contributed by atoms with van der Waals surface area (Å²) in [5.41, 5.74) is 4.35. The second kappa shape index (κ2) is 9.69. The first-order valence-corrected chi connectivity index (χ1v) is 11.0. The van der Waals surface area contributed by atoms with E-state index in [1.54, 1.807) is 0 Å². The highest BCUT2D eigenvalue weighted by molar-refractivity contribution is 5.77. The monoisotopic (exact) mass is 441 g/mol. The van der Waals surface area contributed by atoms with E-state index in [2.05, 4.69) is 5.32 Å². The Bertz CT molecular complexity index is 1400. The van der Waals surface area contributed by atoms with E-state index in [0.717, 1.165) is 22.3 Å². The van der Waals surface area contributed by atoms with E-state index in [4.69, 9.17) is 0 Å². The fourth-order valence-electron chi connectivity index (χ4n) is 3.83. The highest BCUT2D eigenvalue weighted by Gasteiger charge is 2.14. The predicted octanol–water partition coefficient (Wildman–Crippen LogP) is 3.53. The Morgan fingerprint density at radius 1 is 0.727 bits per heavy atom. The van der Waals surface area contributed by atoms with Gasteiger partial charge in [-0.15, -0.1) is 0 Å². The van der Waals surface area contributed by atoms with E-state index in [1.165, 1.54) is 9.13 Å². The first-order chi connectivity index (χ1) is 15.9. The van der Waals surface area contributed by atoms with E-state index in [-0.39, 0.29) is 18.9 Å².